The molecule has 0 bridgehead atoms. The Morgan fingerprint density at radius 1 is 0.544 bits per heavy atom. The molecule has 0 aliphatic heterocycles. The van der Waals surface area contributed by atoms with Gasteiger partial charge in [-0.3, -0.25) is 9.59 Å². The van der Waals surface area contributed by atoms with Gasteiger partial charge in [0.15, 0.2) is 12.1 Å². The van der Waals surface area contributed by atoms with Crippen LogP contribution in [0.15, 0.2) is 60.8 Å². The quantitative estimate of drug-likeness (QED) is 0.0285. The smallest absolute Gasteiger partial charge is 0.362 e. The van der Waals surface area contributed by atoms with Crippen LogP contribution in [0, 0.1) is 0 Å². The van der Waals surface area contributed by atoms with Crippen LogP contribution in [-0.2, 0) is 28.6 Å². The lowest BCUT2D eigenvalue weighted by Crippen LogP contribution is -2.50. The summed E-state index contributed by atoms with van der Waals surface area (Å²) in [5, 5.41) is 9.62. The van der Waals surface area contributed by atoms with Crippen LogP contribution < -0.4 is 0 Å². The molecule has 0 saturated heterocycles. The minimum absolute atomic E-state index is 0.0486. The number of hydrogen-bond acceptors (Lipinski definition) is 6. The third-order valence-corrected chi connectivity index (χ3v) is 9.90. The number of aliphatic carboxylic acids is 1. The summed E-state index contributed by atoms with van der Waals surface area (Å²) in [6.07, 6.45) is 48.3. The van der Waals surface area contributed by atoms with Crippen LogP contribution in [0.3, 0.4) is 0 Å². The third kappa shape index (κ3) is 38.3. The number of allylic oxidation sites excluding steroid dienone is 10. The van der Waals surface area contributed by atoms with Crippen molar-refractivity contribution >= 4 is 17.9 Å². The molecule has 0 saturated carbocycles. The molecule has 0 aliphatic rings. The molecule has 0 fully saturated rings. The molecule has 0 heterocycles. The first-order valence-corrected chi connectivity index (χ1v) is 22.8. The minimum atomic E-state index is -0.881. The molecule has 0 amide bonds. The Kier molecular flexibility index (Phi) is 37.8. The van der Waals surface area contributed by atoms with E-state index >= 15 is 0 Å². The second-order valence-corrected chi connectivity index (χ2v) is 16.3. The first kappa shape index (κ1) is 54.0. The number of likely N-dealkylation sites (N-methyl/N-ethyl adjacent to an activating group) is 1. The zero-order chi connectivity index (χ0) is 42.1. The second kappa shape index (κ2) is 39.8. The number of carboxylic acid groups (broad SMARTS) is 1. The molecule has 2 atom stereocenters. The van der Waals surface area contributed by atoms with Crippen LogP contribution in [0.25, 0.3) is 0 Å². The van der Waals surface area contributed by atoms with Crippen LogP contribution in [-0.4, -0.2) is 80.6 Å². The number of hydrogen-bond donors (Lipinski definition) is 1. The summed E-state index contributed by atoms with van der Waals surface area (Å²) in [4.78, 5) is 37.0. The molecule has 0 aromatic carbocycles. The fraction of sp³-hybridized carbons (Fsp3) is 0.735. The summed E-state index contributed by atoms with van der Waals surface area (Å²) in [5.41, 5.74) is 0. The predicted molar refractivity (Wildman–Crippen MR) is 238 cm³/mol. The maximum Gasteiger partial charge on any atom is 0.362 e. The lowest BCUT2D eigenvalue weighted by Gasteiger charge is -2.31. The second-order valence-electron chi connectivity index (χ2n) is 16.3. The van der Waals surface area contributed by atoms with E-state index in [-0.39, 0.29) is 36.2 Å². The van der Waals surface area contributed by atoms with Gasteiger partial charge < -0.3 is 23.8 Å². The summed E-state index contributed by atoms with van der Waals surface area (Å²) in [6.45, 7) is 4.58. The maximum absolute atomic E-state index is 12.7. The van der Waals surface area contributed by atoms with Crippen molar-refractivity contribution in [1.29, 1.82) is 0 Å². The molecule has 8 nitrogen and oxygen atoms in total. The van der Waals surface area contributed by atoms with E-state index in [9.17, 15) is 19.5 Å². The third-order valence-electron chi connectivity index (χ3n) is 9.90. The van der Waals surface area contributed by atoms with Crippen molar-refractivity contribution < 1.29 is 38.2 Å². The topological polar surface area (TPSA) is 99.1 Å². The van der Waals surface area contributed by atoms with Gasteiger partial charge in [0.1, 0.15) is 6.61 Å². The molecule has 57 heavy (non-hydrogen) atoms. The van der Waals surface area contributed by atoms with Crippen LogP contribution in [0.4, 0.5) is 0 Å². The van der Waals surface area contributed by atoms with E-state index in [1.54, 1.807) is 0 Å². The number of carbonyl (C=O) groups is 3. The van der Waals surface area contributed by atoms with E-state index in [0.717, 1.165) is 89.9 Å². The standard InChI is InChI=1S/C49H85NO7/c1-6-8-10-12-14-16-18-20-22-23-24-25-26-28-30-32-34-36-38-40-48(52)57-45(43-55-42-41-46(49(53)54)50(3,4)5)44-56-47(51)39-37-35-33-31-29-27-21-19-17-15-13-11-9-7-2/h8,10,14,16,20,22,24-25,27,29,45-46H,6-7,9,11-13,15,17-19,21,23,26,28,30-44H2,1-5H3/p+1/b10-8+,16-14+,22-20+,25-24+,29-27+. The Labute approximate surface area is 349 Å². The van der Waals surface area contributed by atoms with Gasteiger partial charge in [-0.1, -0.05) is 145 Å². The van der Waals surface area contributed by atoms with Gasteiger partial charge in [-0.15, -0.1) is 0 Å². The van der Waals surface area contributed by atoms with Crippen molar-refractivity contribution in [2.45, 2.75) is 193 Å². The highest BCUT2D eigenvalue weighted by atomic mass is 16.6. The molecule has 2 unspecified atom stereocenters. The van der Waals surface area contributed by atoms with E-state index in [4.69, 9.17) is 14.2 Å². The molecule has 8 heteroatoms. The van der Waals surface area contributed by atoms with Gasteiger partial charge in [0.25, 0.3) is 0 Å². The van der Waals surface area contributed by atoms with E-state index in [1.807, 2.05) is 21.1 Å². The molecule has 0 rings (SSSR count). The van der Waals surface area contributed by atoms with E-state index in [0.29, 0.717) is 19.3 Å². The zero-order valence-electron chi connectivity index (χ0n) is 37.3. The minimum Gasteiger partial charge on any atom is -0.477 e. The number of nitrogens with zero attached hydrogens (tertiary/aromatic N) is 1. The molecular weight excluding hydrogens is 715 g/mol. The lowest BCUT2D eigenvalue weighted by atomic mass is 10.1. The zero-order valence-corrected chi connectivity index (χ0v) is 37.3. The molecule has 0 spiro atoms. The number of carbonyl (C=O) groups excluding carboxylic acids is 2. The van der Waals surface area contributed by atoms with Crippen LogP contribution >= 0.6 is 0 Å². The Morgan fingerprint density at radius 3 is 1.49 bits per heavy atom. The summed E-state index contributed by atoms with van der Waals surface area (Å²) in [6, 6.07) is -0.621. The van der Waals surface area contributed by atoms with Gasteiger partial charge in [0.05, 0.1) is 34.4 Å². The van der Waals surface area contributed by atoms with Crippen molar-refractivity contribution in [2.24, 2.45) is 0 Å². The number of unbranched alkanes of at least 4 members (excludes halogenated alkanes) is 16. The highest BCUT2D eigenvalue weighted by Crippen LogP contribution is 2.13. The van der Waals surface area contributed by atoms with Gasteiger partial charge in [-0.2, -0.15) is 0 Å². The van der Waals surface area contributed by atoms with Crippen LogP contribution in [0.1, 0.15) is 181 Å². The maximum atomic E-state index is 12.7. The lowest BCUT2D eigenvalue weighted by molar-refractivity contribution is -0.887. The molecule has 0 aliphatic carbocycles. The van der Waals surface area contributed by atoms with Crippen molar-refractivity contribution in [3.05, 3.63) is 60.8 Å². The monoisotopic (exact) mass is 801 g/mol. The Balaban J connectivity index is 4.38. The van der Waals surface area contributed by atoms with E-state index < -0.39 is 18.1 Å². The summed E-state index contributed by atoms with van der Waals surface area (Å²) < 4.78 is 17.3. The fourth-order valence-electron chi connectivity index (χ4n) is 6.37. The number of quaternary nitrogens is 1. The van der Waals surface area contributed by atoms with Gasteiger partial charge in [0, 0.05) is 19.3 Å². The normalized spacial score (nSPS) is 13.5. The fourth-order valence-corrected chi connectivity index (χ4v) is 6.37. The average molecular weight is 801 g/mol. The molecule has 1 N–H and O–H groups in total. The van der Waals surface area contributed by atoms with Gasteiger partial charge in [-0.05, 0) is 77.0 Å². The largest absolute Gasteiger partial charge is 0.477 e. The van der Waals surface area contributed by atoms with Crippen molar-refractivity contribution in [2.75, 3.05) is 41.0 Å². The SMILES string of the molecule is CC/C=C/C/C=C/C/C=C/C/C=C/CCCCCCCCC(=O)OC(COCCC(C(=O)O)[N+](C)(C)C)COC(=O)CCCCC/C=C/CCCCCCCCC. The highest BCUT2D eigenvalue weighted by Gasteiger charge is 2.31. The predicted octanol–water partition coefficient (Wildman–Crippen LogP) is 12.6. The number of esters is 2. The van der Waals surface area contributed by atoms with Gasteiger partial charge >= 0.3 is 17.9 Å². The van der Waals surface area contributed by atoms with Crippen LogP contribution in [0.5, 0.6) is 0 Å². The van der Waals surface area contributed by atoms with Crippen molar-refractivity contribution in [3.8, 4) is 0 Å². The molecule has 0 aromatic heterocycles. The molecule has 328 valence electrons. The van der Waals surface area contributed by atoms with Gasteiger partial charge in [-0.25, -0.2) is 4.79 Å². The van der Waals surface area contributed by atoms with E-state index in [2.05, 4.69) is 74.6 Å². The molecule has 0 radical (unpaired) electrons. The Morgan fingerprint density at radius 2 is 0.982 bits per heavy atom. The van der Waals surface area contributed by atoms with Gasteiger partial charge in [0.2, 0.25) is 0 Å². The molecular formula is C49H86NO7+. The number of ether oxygens (including phenoxy) is 3. The van der Waals surface area contributed by atoms with Crippen LogP contribution in [0.2, 0.25) is 0 Å². The Hall–Kier alpha value is -2.97. The number of rotatable bonds is 40. The first-order valence-electron chi connectivity index (χ1n) is 22.8. The summed E-state index contributed by atoms with van der Waals surface area (Å²) in [7, 11) is 5.51. The average Bonchev–Trinajstić information content (AvgIpc) is 3.17. The molecule has 0 aromatic rings. The Bertz CT molecular complexity index is 1120. The summed E-state index contributed by atoms with van der Waals surface area (Å²) in [5.74, 6) is -1.51. The van der Waals surface area contributed by atoms with Crippen molar-refractivity contribution in [1.82, 2.24) is 0 Å². The van der Waals surface area contributed by atoms with Crippen molar-refractivity contribution in [3.63, 3.8) is 0 Å². The highest BCUT2D eigenvalue weighted by molar-refractivity contribution is 5.72. The first-order chi connectivity index (χ1) is 27.6. The van der Waals surface area contributed by atoms with E-state index in [1.165, 1.54) is 57.8 Å². The number of carboxylic acids is 1. The summed E-state index contributed by atoms with van der Waals surface area (Å²) >= 11 is 0.